The van der Waals surface area contributed by atoms with Crippen LogP contribution in [-0.2, 0) is 0 Å². The summed E-state index contributed by atoms with van der Waals surface area (Å²) >= 11 is 0. The summed E-state index contributed by atoms with van der Waals surface area (Å²) in [6, 6.07) is 0.850. The summed E-state index contributed by atoms with van der Waals surface area (Å²) in [6.45, 7) is 8.43. The molecule has 2 saturated carbocycles. The fraction of sp³-hybridized carbons (Fsp3) is 1.00. The molecule has 1 N–H and O–H groups in total. The lowest BCUT2D eigenvalue weighted by atomic mass is 9.73. The summed E-state index contributed by atoms with van der Waals surface area (Å²) in [5.74, 6) is 3.91. The molecule has 0 saturated heterocycles. The molecule has 2 aliphatic rings. The Bertz CT molecular complexity index is 218. The highest BCUT2D eigenvalue weighted by Crippen LogP contribution is 2.34. The zero-order valence-electron chi connectivity index (χ0n) is 12.0. The molecular weight excluding hydrogens is 206 g/mol. The molecule has 100 valence electrons. The minimum atomic E-state index is 0.850. The Kier molecular flexibility index (Phi) is 4.90. The van der Waals surface area contributed by atoms with E-state index in [-0.39, 0.29) is 0 Å². The quantitative estimate of drug-likeness (QED) is 0.754. The molecule has 0 aromatic rings. The first kappa shape index (κ1) is 13.4. The van der Waals surface area contributed by atoms with Crippen LogP contribution in [0.15, 0.2) is 0 Å². The molecule has 1 heteroatoms. The van der Waals surface area contributed by atoms with Crippen LogP contribution in [0.25, 0.3) is 0 Å². The van der Waals surface area contributed by atoms with Crippen molar-refractivity contribution in [3.8, 4) is 0 Å². The van der Waals surface area contributed by atoms with Gasteiger partial charge in [-0.25, -0.2) is 0 Å². The average Bonchev–Trinajstić information content (AvgIpc) is 2.20. The number of nitrogens with one attached hydrogen (secondary N) is 1. The van der Waals surface area contributed by atoms with Crippen molar-refractivity contribution in [3.63, 3.8) is 0 Å². The van der Waals surface area contributed by atoms with Crippen LogP contribution in [-0.4, -0.2) is 12.6 Å². The fourth-order valence-corrected chi connectivity index (χ4v) is 3.69. The van der Waals surface area contributed by atoms with E-state index in [1.807, 2.05) is 0 Å². The third kappa shape index (κ3) is 3.98. The predicted octanol–water partition coefficient (Wildman–Crippen LogP) is 4.23. The first-order valence-electron chi connectivity index (χ1n) is 7.88. The summed E-state index contributed by atoms with van der Waals surface area (Å²) < 4.78 is 0. The van der Waals surface area contributed by atoms with Crippen molar-refractivity contribution in [3.05, 3.63) is 0 Å². The lowest BCUT2D eigenvalue weighted by molar-refractivity contribution is 0.164. The molecule has 2 rings (SSSR count). The van der Waals surface area contributed by atoms with Gasteiger partial charge in [-0.15, -0.1) is 0 Å². The first-order chi connectivity index (χ1) is 8.15. The highest BCUT2D eigenvalue weighted by molar-refractivity contribution is 4.86. The maximum Gasteiger partial charge on any atom is 0.00725 e. The SMILES string of the molecule is CC1CCCC(CCNC2CC(C(C)C)C2)C1. The molecule has 0 heterocycles. The van der Waals surface area contributed by atoms with E-state index in [2.05, 4.69) is 26.1 Å². The Hall–Kier alpha value is -0.0400. The van der Waals surface area contributed by atoms with Gasteiger partial charge in [0, 0.05) is 6.04 Å². The Morgan fingerprint density at radius 1 is 1.12 bits per heavy atom. The molecule has 2 aliphatic carbocycles. The van der Waals surface area contributed by atoms with Crippen molar-refractivity contribution < 1.29 is 0 Å². The second-order valence-electron chi connectivity index (χ2n) is 7.05. The molecule has 0 amide bonds. The van der Waals surface area contributed by atoms with Crippen LogP contribution in [0.5, 0.6) is 0 Å². The molecule has 17 heavy (non-hydrogen) atoms. The van der Waals surface area contributed by atoms with Gasteiger partial charge in [-0.05, 0) is 55.9 Å². The molecule has 0 spiro atoms. The summed E-state index contributed by atoms with van der Waals surface area (Å²) in [6.07, 6.45) is 10.2. The van der Waals surface area contributed by atoms with Gasteiger partial charge in [0.05, 0.1) is 0 Å². The van der Waals surface area contributed by atoms with E-state index in [9.17, 15) is 0 Å². The van der Waals surface area contributed by atoms with E-state index >= 15 is 0 Å². The van der Waals surface area contributed by atoms with Crippen molar-refractivity contribution >= 4 is 0 Å². The van der Waals surface area contributed by atoms with Crippen molar-refractivity contribution in [1.82, 2.24) is 5.32 Å². The average molecular weight is 237 g/mol. The number of rotatable bonds is 5. The van der Waals surface area contributed by atoms with Crippen molar-refractivity contribution in [2.24, 2.45) is 23.7 Å². The van der Waals surface area contributed by atoms with Crippen molar-refractivity contribution in [2.75, 3.05) is 6.54 Å². The fourth-order valence-electron chi connectivity index (χ4n) is 3.69. The Morgan fingerprint density at radius 3 is 2.53 bits per heavy atom. The van der Waals surface area contributed by atoms with E-state index in [1.54, 1.807) is 0 Å². The number of hydrogen-bond donors (Lipinski definition) is 1. The standard InChI is InChI=1S/C16H31N/c1-12(2)15-10-16(11-15)17-8-7-14-6-4-5-13(3)9-14/h12-17H,4-11H2,1-3H3. The first-order valence-corrected chi connectivity index (χ1v) is 7.88. The van der Waals surface area contributed by atoms with Gasteiger partial charge in [-0.1, -0.05) is 40.0 Å². The van der Waals surface area contributed by atoms with Crippen LogP contribution in [0.2, 0.25) is 0 Å². The van der Waals surface area contributed by atoms with Gasteiger partial charge < -0.3 is 5.32 Å². The van der Waals surface area contributed by atoms with Gasteiger partial charge in [-0.3, -0.25) is 0 Å². The van der Waals surface area contributed by atoms with E-state index < -0.39 is 0 Å². The van der Waals surface area contributed by atoms with E-state index in [4.69, 9.17) is 0 Å². The molecule has 2 fully saturated rings. The predicted molar refractivity (Wildman–Crippen MR) is 75.1 cm³/mol. The minimum absolute atomic E-state index is 0.850. The second kappa shape index (κ2) is 6.22. The van der Waals surface area contributed by atoms with Crippen LogP contribution >= 0.6 is 0 Å². The zero-order valence-corrected chi connectivity index (χ0v) is 12.0. The minimum Gasteiger partial charge on any atom is -0.314 e. The summed E-state index contributed by atoms with van der Waals surface area (Å²) in [7, 11) is 0. The molecular formula is C16H31N. The zero-order chi connectivity index (χ0) is 12.3. The van der Waals surface area contributed by atoms with Crippen LogP contribution in [0.1, 0.15) is 65.7 Å². The molecule has 2 unspecified atom stereocenters. The smallest absolute Gasteiger partial charge is 0.00725 e. The maximum absolute atomic E-state index is 3.77. The Balaban J connectivity index is 1.52. The monoisotopic (exact) mass is 237 g/mol. The van der Waals surface area contributed by atoms with Gasteiger partial charge in [0.15, 0.2) is 0 Å². The van der Waals surface area contributed by atoms with Gasteiger partial charge >= 0.3 is 0 Å². The lowest BCUT2D eigenvalue weighted by Crippen LogP contribution is -2.43. The van der Waals surface area contributed by atoms with Crippen molar-refractivity contribution in [1.29, 1.82) is 0 Å². The molecule has 0 aliphatic heterocycles. The molecule has 0 bridgehead atoms. The van der Waals surface area contributed by atoms with Gasteiger partial charge in [0.2, 0.25) is 0 Å². The van der Waals surface area contributed by atoms with E-state index in [1.165, 1.54) is 51.5 Å². The molecule has 2 atom stereocenters. The number of hydrogen-bond acceptors (Lipinski definition) is 1. The Morgan fingerprint density at radius 2 is 1.88 bits per heavy atom. The van der Waals surface area contributed by atoms with Crippen LogP contribution in [0, 0.1) is 23.7 Å². The highest BCUT2D eigenvalue weighted by Gasteiger charge is 2.30. The molecule has 0 aromatic heterocycles. The van der Waals surface area contributed by atoms with Gasteiger partial charge in [0.25, 0.3) is 0 Å². The summed E-state index contributed by atoms with van der Waals surface area (Å²) in [5.41, 5.74) is 0. The second-order valence-corrected chi connectivity index (χ2v) is 7.05. The summed E-state index contributed by atoms with van der Waals surface area (Å²) in [4.78, 5) is 0. The molecule has 1 nitrogen and oxygen atoms in total. The largest absolute Gasteiger partial charge is 0.314 e. The van der Waals surface area contributed by atoms with Crippen LogP contribution < -0.4 is 5.32 Å². The highest BCUT2D eigenvalue weighted by atomic mass is 14.9. The maximum atomic E-state index is 3.77. The van der Waals surface area contributed by atoms with Gasteiger partial charge in [-0.2, -0.15) is 0 Å². The van der Waals surface area contributed by atoms with Crippen molar-refractivity contribution in [2.45, 2.75) is 71.8 Å². The van der Waals surface area contributed by atoms with Gasteiger partial charge in [0.1, 0.15) is 0 Å². The van der Waals surface area contributed by atoms with Crippen LogP contribution in [0.3, 0.4) is 0 Å². The summed E-state index contributed by atoms with van der Waals surface area (Å²) in [5, 5.41) is 3.77. The van der Waals surface area contributed by atoms with E-state index in [0.717, 1.165) is 29.7 Å². The molecule has 0 radical (unpaired) electrons. The normalized spacial score (nSPS) is 38.1. The third-order valence-electron chi connectivity index (χ3n) is 5.15. The lowest BCUT2D eigenvalue weighted by Gasteiger charge is -2.39. The molecule has 0 aromatic carbocycles. The van der Waals surface area contributed by atoms with Crippen LogP contribution in [0.4, 0.5) is 0 Å². The van der Waals surface area contributed by atoms with E-state index in [0.29, 0.717) is 0 Å². The topological polar surface area (TPSA) is 12.0 Å². The Labute approximate surface area is 108 Å². The third-order valence-corrected chi connectivity index (χ3v) is 5.15.